The predicted molar refractivity (Wildman–Crippen MR) is 124 cm³/mol. The Hall–Kier alpha value is -1.24. The molecule has 9 atom stereocenters. The van der Waals surface area contributed by atoms with Crippen molar-refractivity contribution < 1.29 is 30.0 Å². The highest BCUT2D eigenvalue weighted by Crippen LogP contribution is 2.71. The van der Waals surface area contributed by atoms with Crippen molar-refractivity contribution in [3.8, 4) is 0 Å². The Morgan fingerprint density at radius 3 is 2.30 bits per heavy atom. The van der Waals surface area contributed by atoms with Gasteiger partial charge in [-0.2, -0.15) is 0 Å². The molecule has 6 nitrogen and oxygen atoms in total. The van der Waals surface area contributed by atoms with E-state index >= 15 is 0 Å². The van der Waals surface area contributed by atoms with Crippen molar-refractivity contribution in [2.45, 2.75) is 105 Å². The summed E-state index contributed by atoms with van der Waals surface area (Å²) >= 11 is 0. The number of rotatable bonds is 4. The largest absolute Gasteiger partial charge is 0.481 e. The molecule has 33 heavy (non-hydrogen) atoms. The van der Waals surface area contributed by atoms with Crippen molar-refractivity contribution in [3.05, 3.63) is 11.1 Å². The Morgan fingerprint density at radius 2 is 1.70 bits per heavy atom. The fraction of sp³-hybridized carbons (Fsp3) is 0.852. The van der Waals surface area contributed by atoms with Gasteiger partial charge in [0, 0.05) is 12.8 Å². The van der Waals surface area contributed by atoms with Crippen LogP contribution in [0.3, 0.4) is 0 Å². The summed E-state index contributed by atoms with van der Waals surface area (Å²) in [6, 6.07) is 0. The molecule has 4 N–H and O–H groups in total. The molecule has 4 aliphatic carbocycles. The van der Waals surface area contributed by atoms with Gasteiger partial charge in [-0.05, 0) is 84.2 Å². The summed E-state index contributed by atoms with van der Waals surface area (Å²) in [5.74, 6) is -0.740. The van der Waals surface area contributed by atoms with E-state index < -0.39 is 40.5 Å². The van der Waals surface area contributed by atoms with Crippen molar-refractivity contribution in [3.63, 3.8) is 0 Å². The van der Waals surface area contributed by atoms with E-state index in [0.717, 1.165) is 17.6 Å². The van der Waals surface area contributed by atoms with Crippen LogP contribution in [-0.4, -0.2) is 50.5 Å². The molecule has 0 aliphatic heterocycles. The molecule has 4 aliphatic rings. The molecular formula is C27H42O6. The first-order chi connectivity index (χ1) is 15.1. The predicted octanol–water partition coefficient (Wildman–Crippen LogP) is 3.72. The second kappa shape index (κ2) is 7.63. The molecule has 186 valence electrons. The fourth-order valence-electron chi connectivity index (χ4n) is 8.93. The number of hydrogen-bond acceptors (Lipinski definition) is 5. The normalized spacial score (nSPS) is 47.5. The van der Waals surface area contributed by atoms with Crippen LogP contribution < -0.4 is 0 Å². The number of fused-ring (bicyclic) bond motifs is 4. The standard InChI is InChI=1S/C27H42O6/c1-14(7-8-21(32)33)15-11-20(31)27(6)23-16(28)12-18-24(2,3)19(30)9-10-25(18,4)22(23)17(29)13-26(15,27)5/h14-19,28-30H,7-13H2,1-6H3,(H,32,33). The Balaban J connectivity index is 1.84. The van der Waals surface area contributed by atoms with E-state index in [2.05, 4.69) is 27.7 Å². The molecule has 0 radical (unpaired) electrons. The third kappa shape index (κ3) is 3.16. The van der Waals surface area contributed by atoms with Crippen molar-refractivity contribution in [2.24, 2.45) is 39.4 Å². The maximum Gasteiger partial charge on any atom is 0.303 e. The third-order valence-corrected chi connectivity index (χ3v) is 11.1. The molecule has 2 fully saturated rings. The summed E-state index contributed by atoms with van der Waals surface area (Å²) in [6.07, 6.45) is 1.14. The number of carbonyl (C=O) groups excluding carboxylic acids is 1. The SMILES string of the molecule is CC(CCC(=O)O)C1CC(=O)C2(C)C3=C(C(O)CC12C)C1(C)CCC(O)C(C)(C)C1CC3O. The Kier molecular flexibility index (Phi) is 5.75. The van der Waals surface area contributed by atoms with E-state index in [9.17, 15) is 24.9 Å². The first kappa shape index (κ1) is 24.9. The van der Waals surface area contributed by atoms with Gasteiger partial charge < -0.3 is 20.4 Å². The Labute approximate surface area is 197 Å². The lowest BCUT2D eigenvalue weighted by molar-refractivity contribution is -0.140. The number of hydrogen-bond donors (Lipinski definition) is 4. The van der Waals surface area contributed by atoms with Crippen molar-refractivity contribution in [2.75, 3.05) is 0 Å². The first-order valence-corrected chi connectivity index (χ1v) is 12.7. The van der Waals surface area contributed by atoms with Crippen molar-refractivity contribution in [1.82, 2.24) is 0 Å². The van der Waals surface area contributed by atoms with Crippen LogP contribution in [0.2, 0.25) is 0 Å². The molecule has 0 aromatic rings. The molecule has 9 unspecified atom stereocenters. The van der Waals surface area contributed by atoms with Crippen LogP contribution in [0.4, 0.5) is 0 Å². The van der Waals surface area contributed by atoms with Gasteiger partial charge in [0.05, 0.1) is 23.7 Å². The van der Waals surface area contributed by atoms with Gasteiger partial charge in [0.1, 0.15) is 5.78 Å². The zero-order valence-electron chi connectivity index (χ0n) is 21.0. The summed E-state index contributed by atoms with van der Waals surface area (Å²) in [6.45, 7) is 12.3. The van der Waals surface area contributed by atoms with Crippen LogP contribution in [0.15, 0.2) is 11.1 Å². The molecule has 0 aromatic heterocycles. The summed E-state index contributed by atoms with van der Waals surface area (Å²) in [5.41, 5.74) is -0.632. The molecular weight excluding hydrogens is 420 g/mol. The van der Waals surface area contributed by atoms with Gasteiger partial charge in [0.2, 0.25) is 0 Å². The molecule has 0 amide bonds. The number of aliphatic hydroxyl groups excluding tert-OH is 3. The van der Waals surface area contributed by atoms with E-state index in [0.29, 0.717) is 32.1 Å². The maximum atomic E-state index is 13.8. The molecule has 0 spiro atoms. The number of aliphatic hydroxyl groups is 3. The molecule has 2 saturated carbocycles. The lowest BCUT2D eigenvalue weighted by Crippen LogP contribution is -2.61. The molecule has 6 heteroatoms. The van der Waals surface area contributed by atoms with Gasteiger partial charge in [0.15, 0.2) is 0 Å². The number of carboxylic acids is 1. The van der Waals surface area contributed by atoms with Crippen LogP contribution in [0, 0.1) is 39.4 Å². The molecule has 0 saturated heterocycles. The average molecular weight is 463 g/mol. The minimum absolute atomic E-state index is 0.00639. The number of aliphatic carboxylic acids is 1. The number of carboxylic acid groups (broad SMARTS) is 1. The van der Waals surface area contributed by atoms with E-state index in [1.165, 1.54) is 0 Å². The minimum Gasteiger partial charge on any atom is -0.481 e. The fourth-order valence-corrected chi connectivity index (χ4v) is 8.93. The quantitative estimate of drug-likeness (QED) is 0.474. The van der Waals surface area contributed by atoms with Gasteiger partial charge in [-0.1, -0.05) is 34.6 Å². The van der Waals surface area contributed by atoms with Crippen LogP contribution in [0.25, 0.3) is 0 Å². The first-order valence-electron chi connectivity index (χ1n) is 12.7. The smallest absolute Gasteiger partial charge is 0.303 e. The molecule has 0 heterocycles. The summed E-state index contributed by atoms with van der Waals surface area (Å²) < 4.78 is 0. The highest BCUT2D eigenvalue weighted by molar-refractivity contribution is 5.92. The second-order valence-corrected chi connectivity index (χ2v) is 12.8. The third-order valence-electron chi connectivity index (χ3n) is 11.1. The minimum atomic E-state index is -0.878. The average Bonchev–Trinajstić information content (AvgIpc) is 2.92. The summed E-state index contributed by atoms with van der Waals surface area (Å²) in [7, 11) is 0. The summed E-state index contributed by atoms with van der Waals surface area (Å²) in [5, 5.41) is 43.1. The molecule has 4 rings (SSSR count). The Bertz CT molecular complexity index is 891. The number of ketones is 1. The Morgan fingerprint density at radius 1 is 1.06 bits per heavy atom. The van der Waals surface area contributed by atoms with E-state index in [1.807, 2.05) is 13.8 Å². The van der Waals surface area contributed by atoms with Crippen LogP contribution in [0.1, 0.15) is 86.5 Å². The highest BCUT2D eigenvalue weighted by Gasteiger charge is 2.69. The van der Waals surface area contributed by atoms with Gasteiger partial charge >= 0.3 is 5.97 Å². The second-order valence-electron chi connectivity index (χ2n) is 12.8. The van der Waals surface area contributed by atoms with Gasteiger partial charge in [-0.15, -0.1) is 0 Å². The molecule has 0 aromatic carbocycles. The van der Waals surface area contributed by atoms with Crippen LogP contribution in [0.5, 0.6) is 0 Å². The number of carbonyl (C=O) groups is 2. The van der Waals surface area contributed by atoms with E-state index in [-0.39, 0.29) is 35.4 Å². The van der Waals surface area contributed by atoms with Crippen LogP contribution >= 0.6 is 0 Å². The highest BCUT2D eigenvalue weighted by atomic mass is 16.4. The van der Waals surface area contributed by atoms with Gasteiger partial charge in [0.25, 0.3) is 0 Å². The van der Waals surface area contributed by atoms with E-state index in [4.69, 9.17) is 5.11 Å². The van der Waals surface area contributed by atoms with Crippen molar-refractivity contribution >= 4 is 11.8 Å². The monoisotopic (exact) mass is 462 g/mol. The zero-order chi connectivity index (χ0) is 24.7. The molecule has 0 bridgehead atoms. The lowest BCUT2D eigenvalue weighted by atomic mass is 9.42. The maximum absolute atomic E-state index is 13.8. The van der Waals surface area contributed by atoms with Crippen LogP contribution in [-0.2, 0) is 9.59 Å². The summed E-state index contributed by atoms with van der Waals surface area (Å²) in [4.78, 5) is 24.9. The number of Topliss-reactive ketones (excluding diaryl/α,β-unsaturated/α-hetero) is 1. The van der Waals surface area contributed by atoms with Gasteiger partial charge in [-0.3, -0.25) is 9.59 Å². The lowest BCUT2D eigenvalue weighted by Gasteiger charge is -2.63. The van der Waals surface area contributed by atoms with Gasteiger partial charge in [-0.25, -0.2) is 0 Å². The van der Waals surface area contributed by atoms with E-state index in [1.54, 1.807) is 0 Å². The topological polar surface area (TPSA) is 115 Å². The van der Waals surface area contributed by atoms with Crippen molar-refractivity contribution in [1.29, 1.82) is 0 Å². The zero-order valence-corrected chi connectivity index (χ0v) is 21.0.